The number of anilines is 2. The van der Waals surface area contributed by atoms with Gasteiger partial charge in [-0.15, -0.1) is 0 Å². The highest BCUT2D eigenvalue weighted by Gasteiger charge is 2.32. The molecular formula is C21H24F3N5O2. The lowest BCUT2D eigenvalue weighted by Crippen LogP contribution is -2.49. The average molecular weight is 435 g/mol. The van der Waals surface area contributed by atoms with Gasteiger partial charge >= 0.3 is 6.18 Å². The van der Waals surface area contributed by atoms with E-state index in [1.165, 1.54) is 18.5 Å². The van der Waals surface area contributed by atoms with E-state index in [-0.39, 0.29) is 18.2 Å². The van der Waals surface area contributed by atoms with Gasteiger partial charge in [0.05, 0.1) is 18.2 Å². The smallest absolute Gasteiger partial charge is 0.394 e. The summed E-state index contributed by atoms with van der Waals surface area (Å²) in [4.78, 5) is 27.1. The minimum atomic E-state index is -4.48. The van der Waals surface area contributed by atoms with Crippen molar-refractivity contribution in [3.63, 3.8) is 0 Å². The summed E-state index contributed by atoms with van der Waals surface area (Å²) in [7, 11) is 0. The van der Waals surface area contributed by atoms with E-state index in [0.717, 1.165) is 43.2 Å². The Labute approximate surface area is 178 Å². The van der Waals surface area contributed by atoms with Crippen molar-refractivity contribution in [1.82, 2.24) is 14.9 Å². The molecule has 2 aliphatic rings. The van der Waals surface area contributed by atoms with Crippen molar-refractivity contribution < 1.29 is 23.1 Å². The maximum Gasteiger partial charge on any atom is 0.416 e. The Hall–Kier alpha value is -2.88. The Morgan fingerprint density at radius 3 is 2.52 bits per heavy atom. The molecule has 0 aliphatic carbocycles. The Balaban J connectivity index is 1.41. The molecule has 3 heterocycles. The summed E-state index contributed by atoms with van der Waals surface area (Å²) in [5.41, 5.74) is -0.787. The van der Waals surface area contributed by atoms with Crippen LogP contribution in [0, 0.1) is 0 Å². The van der Waals surface area contributed by atoms with Crippen LogP contribution in [0.25, 0.3) is 0 Å². The molecule has 10 heteroatoms. The molecule has 0 spiro atoms. The number of amides is 1. The molecule has 2 aromatic rings. The summed E-state index contributed by atoms with van der Waals surface area (Å²) in [5, 5.41) is 9.56. The SMILES string of the molecule is O=C(c1cccc(C(F)(F)F)c1)N1CCN(c2cc(N3CCCC3CO)ncn2)CC1. The van der Waals surface area contributed by atoms with Gasteiger partial charge in [0.15, 0.2) is 0 Å². The fourth-order valence-electron chi connectivity index (χ4n) is 4.14. The third-order valence-electron chi connectivity index (χ3n) is 5.85. The molecule has 31 heavy (non-hydrogen) atoms. The molecule has 1 N–H and O–H groups in total. The van der Waals surface area contributed by atoms with Crippen molar-refractivity contribution in [1.29, 1.82) is 0 Å². The quantitative estimate of drug-likeness (QED) is 0.795. The lowest BCUT2D eigenvalue weighted by molar-refractivity contribution is -0.137. The monoisotopic (exact) mass is 435 g/mol. The van der Waals surface area contributed by atoms with Crippen LogP contribution in [0.15, 0.2) is 36.7 Å². The van der Waals surface area contributed by atoms with Crippen LogP contribution in [-0.4, -0.2) is 71.3 Å². The lowest BCUT2D eigenvalue weighted by atomic mass is 10.1. The first-order valence-corrected chi connectivity index (χ1v) is 10.3. The van der Waals surface area contributed by atoms with Crippen molar-refractivity contribution >= 4 is 17.5 Å². The molecule has 1 unspecified atom stereocenters. The number of rotatable bonds is 4. The summed E-state index contributed by atoms with van der Waals surface area (Å²) in [5.74, 6) is 1.10. The molecule has 4 rings (SSSR count). The number of hydrogen-bond acceptors (Lipinski definition) is 6. The molecule has 0 radical (unpaired) electrons. The van der Waals surface area contributed by atoms with E-state index >= 15 is 0 Å². The highest BCUT2D eigenvalue weighted by molar-refractivity contribution is 5.94. The number of nitrogens with zero attached hydrogens (tertiary/aromatic N) is 5. The third-order valence-corrected chi connectivity index (χ3v) is 5.85. The highest BCUT2D eigenvalue weighted by Crippen LogP contribution is 2.30. The van der Waals surface area contributed by atoms with Crippen molar-refractivity contribution in [3.8, 4) is 0 Å². The van der Waals surface area contributed by atoms with Gasteiger partial charge in [-0.1, -0.05) is 6.07 Å². The summed E-state index contributed by atoms with van der Waals surface area (Å²) < 4.78 is 38.8. The first-order valence-electron chi connectivity index (χ1n) is 10.3. The second-order valence-electron chi connectivity index (χ2n) is 7.76. The standard InChI is InChI=1S/C21H24F3N5O2/c22-21(23,24)16-4-1-3-15(11-16)20(31)28-9-7-27(8-10-28)18-12-19(26-14-25-18)29-6-2-5-17(29)13-30/h1,3-4,11-12,14,17,30H,2,5-10,13H2. The van der Waals surface area contributed by atoms with Gasteiger partial charge < -0.3 is 19.8 Å². The number of benzene rings is 1. The molecule has 2 saturated heterocycles. The van der Waals surface area contributed by atoms with Crippen LogP contribution in [0.3, 0.4) is 0 Å². The fraction of sp³-hybridized carbons (Fsp3) is 0.476. The van der Waals surface area contributed by atoms with Gasteiger partial charge in [-0.25, -0.2) is 9.97 Å². The van der Waals surface area contributed by atoms with Crippen molar-refractivity contribution in [2.24, 2.45) is 0 Å². The van der Waals surface area contributed by atoms with E-state index < -0.39 is 17.6 Å². The van der Waals surface area contributed by atoms with E-state index in [2.05, 4.69) is 14.9 Å². The van der Waals surface area contributed by atoms with Crippen LogP contribution < -0.4 is 9.80 Å². The van der Waals surface area contributed by atoms with Crippen LogP contribution >= 0.6 is 0 Å². The highest BCUT2D eigenvalue weighted by atomic mass is 19.4. The van der Waals surface area contributed by atoms with Gasteiger partial charge in [0.25, 0.3) is 5.91 Å². The van der Waals surface area contributed by atoms with Gasteiger partial charge in [-0.3, -0.25) is 4.79 Å². The van der Waals surface area contributed by atoms with Crippen LogP contribution in [-0.2, 0) is 6.18 Å². The zero-order valence-corrected chi connectivity index (χ0v) is 16.9. The van der Waals surface area contributed by atoms with Crippen molar-refractivity contribution in [3.05, 3.63) is 47.8 Å². The minimum Gasteiger partial charge on any atom is -0.394 e. The molecule has 1 aromatic carbocycles. The summed E-state index contributed by atoms with van der Waals surface area (Å²) >= 11 is 0. The van der Waals surface area contributed by atoms with E-state index in [0.29, 0.717) is 26.2 Å². The molecule has 7 nitrogen and oxygen atoms in total. The number of aromatic nitrogens is 2. The Kier molecular flexibility index (Phi) is 5.99. The second kappa shape index (κ2) is 8.70. The van der Waals surface area contributed by atoms with Gasteiger partial charge in [-0.2, -0.15) is 13.2 Å². The van der Waals surface area contributed by atoms with Crippen LogP contribution in [0.2, 0.25) is 0 Å². The molecule has 0 bridgehead atoms. The van der Waals surface area contributed by atoms with Crippen molar-refractivity contribution in [2.45, 2.75) is 25.1 Å². The maximum atomic E-state index is 12.9. The number of halogens is 3. The Bertz CT molecular complexity index is 931. The fourth-order valence-corrected chi connectivity index (χ4v) is 4.14. The lowest BCUT2D eigenvalue weighted by Gasteiger charge is -2.36. The number of aliphatic hydroxyl groups is 1. The largest absolute Gasteiger partial charge is 0.416 e. The predicted molar refractivity (Wildman–Crippen MR) is 109 cm³/mol. The van der Waals surface area contributed by atoms with E-state index in [1.54, 1.807) is 4.90 Å². The molecule has 166 valence electrons. The average Bonchev–Trinajstić information content (AvgIpc) is 3.27. The zero-order valence-electron chi connectivity index (χ0n) is 16.9. The van der Waals surface area contributed by atoms with Crippen molar-refractivity contribution in [2.75, 3.05) is 49.1 Å². The summed E-state index contributed by atoms with van der Waals surface area (Å²) in [6.07, 6.45) is -1.06. The number of hydrogen-bond donors (Lipinski definition) is 1. The van der Waals surface area contributed by atoms with E-state index in [9.17, 15) is 23.1 Å². The van der Waals surface area contributed by atoms with Gasteiger partial charge in [0.2, 0.25) is 0 Å². The number of aliphatic hydroxyl groups excluding tert-OH is 1. The van der Waals surface area contributed by atoms with Crippen LogP contribution in [0.1, 0.15) is 28.8 Å². The molecule has 1 atom stereocenters. The predicted octanol–water partition coefficient (Wildman–Crippen LogP) is 2.42. The molecule has 2 aliphatic heterocycles. The van der Waals surface area contributed by atoms with Gasteiger partial charge in [-0.05, 0) is 31.0 Å². The molecule has 1 amide bonds. The van der Waals surface area contributed by atoms with E-state index in [4.69, 9.17) is 0 Å². The normalized spacial score (nSPS) is 19.7. The van der Waals surface area contributed by atoms with Gasteiger partial charge in [0, 0.05) is 44.4 Å². The van der Waals surface area contributed by atoms with Gasteiger partial charge in [0.1, 0.15) is 18.0 Å². The first-order chi connectivity index (χ1) is 14.9. The summed E-state index contributed by atoms with van der Waals surface area (Å²) in [6, 6.07) is 6.48. The second-order valence-corrected chi connectivity index (χ2v) is 7.76. The molecule has 1 aromatic heterocycles. The first kappa shape index (κ1) is 21.4. The molecule has 2 fully saturated rings. The maximum absolute atomic E-state index is 12.9. The Morgan fingerprint density at radius 1 is 1.06 bits per heavy atom. The van der Waals surface area contributed by atoms with Crippen LogP contribution in [0.5, 0.6) is 0 Å². The summed E-state index contributed by atoms with van der Waals surface area (Å²) in [6.45, 7) is 2.72. The topological polar surface area (TPSA) is 72.8 Å². The third kappa shape index (κ3) is 4.58. The molecular weight excluding hydrogens is 411 g/mol. The van der Waals surface area contributed by atoms with E-state index in [1.807, 2.05) is 11.0 Å². The number of alkyl halides is 3. The number of piperazine rings is 1. The minimum absolute atomic E-state index is 0.0386. The zero-order chi connectivity index (χ0) is 22.0. The number of carbonyl (C=O) groups is 1. The molecule has 0 saturated carbocycles. The van der Waals surface area contributed by atoms with Crippen LogP contribution in [0.4, 0.5) is 24.8 Å². The Morgan fingerprint density at radius 2 is 1.81 bits per heavy atom. The number of carbonyl (C=O) groups excluding carboxylic acids is 1.